The maximum Gasteiger partial charge on any atom is 0.149 e. The number of ether oxygens (including phenoxy) is 1. The molecule has 0 aromatic carbocycles. The number of rotatable bonds is 5. The van der Waals surface area contributed by atoms with Crippen molar-refractivity contribution in [1.29, 1.82) is 0 Å². The number of hydrogen-bond donors (Lipinski definition) is 0. The molecule has 1 aliphatic carbocycles. The van der Waals surface area contributed by atoms with Crippen LogP contribution < -0.4 is 0 Å². The molecular formula is C11H19NO2. The zero-order valence-corrected chi connectivity index (χ0v) is 8.87. The standard InChI is InChI=1S/C11H19NO2/c1-12(7-10-3-2-6-14-10)8-11(13)9-4-5-9/h9-10H,2-8H2,1H3. The highest BCUT2D eigenvalue weighted by Crippen LogP contribution is 2.29. The lowest BCUT2D eigenvalue weighted by Gasteiger charge is -2.19. The largest absolute Gasteiger partial charge is 0.377 e. The molecule has 1 unspecified atom stereocenters. The van der Waals surface area contributed by atoms with Gasteiger partial charge in [-0.25, -0.2) is 0 Å². The number of Topliss-reactive ketones (excluding diaryl/α,β-unsaturated/α-hetero) is 1. The third-order valence-corrected chi connectivity index (χ3v) is 3.00. The number of likely N-dealkylation sites (N-methyl/N-ethyl adjacent to an activating group) is 1. The van der Waals surface area contributed by atoms with Crippen molar-refractivity contribution >= 4 is 5.78 Å². The summed E-state index contributed by atoms with van der Waals surface area (Å²) < 4.78 is 5.53. The molecule has 3 heteroatoms. The molecule has 1 saturated heterocycles. The van der Waals surface area contributed by atoms with Crippen LogP contribution in [0.4, 0.5) is 0 Å². The van der Waals surface area contributed by atoms with E-state index in [1.165, 1.54) is 6.42 Å². The summed E-state index contributed by atoms with van der Waals surface area (Å²) in [6.45, 7) is 2.43. The first-order valence-electron chi connectivity index (χ1n) is 5.58. The summed E-state index contributed by atoms with van der Waals surface area (Å²) in [5.74, 6) is 0.812. The fraction of sp³-hybridized carbons (Fsp3) is 0.909. The molecule has 80 valence electrons. The van der Waals surface area contributed by atoms with Gasteiger partial charge in [-0.05, 0) is 32.7 Å². The topological polar surface area (TPSA) is 29.5 Å². The highest BCUT2D eigenvalue weighted by molar-refractivity contribution is 5.84. The van der Waals surface area contributed by atoms with Crippen LogP contribution in [0.3, 0.4) is 0 Å². The van der Waals surface area contributed by atoms with Crippen molar-refractivity contribution in [3.8, 4) is 0 Å². The molecule has 0 N–H and O–H groups in total. The molecule has 2 rings (SSSR count). The minimum atomic E-state index is 0.368. The Bertz CT molecular complexity index is 207. The number of hydrogen-bond acceptors (Lipinski definition) is 3. The number of nitrogens with zero attached hydrogens (tertiary/aromatic N) is 1. The summed E-state index contributed by atoms with van der Waals surface area (Å²) >= 11 is 0. The summed E-state index contributed by atoms with van der Waals surface area (Å²) in [6.07, 6.45) is 4.93. The van der Waals surface area contributed by atoms with Crippen LogP contribution in [0.25, 0.3) is 0 Å². The molecule has 1 saturated carbocycles. The van der Waals surface area contributed by atoms with Gasteiger partial charge < -0.3 is 4.74 Å². The van der Waals surface area contributed by atoms with Crippen molar-refractivity contribution in [1.82, 2.24) is 4.90 Å². The van der Waals surface area contributed by atoms with Gasteiger partial charge in [0.1, 0.15) is 5.78 Å². The summed E-state index contributed by atoms with van der Waals surface area (Å²) in [5.41, 5.74) is 0. The first-order valence-corrected chi connectivity index (χ1v) is 5.58. The van der Waals surface area contributed by atoms with Crippen LogP contribution in [0.2, 0.25) is 0 Å². The minimum Gasteiger partial charge on any atom is -0.377 e. The summed E-state index contributed by atoms with van der Waals surface area (Å²) in [4.78, 5) is 13.6. The number of carbonyl (C=O) groups excluding carboxylic acids is 1. The van der Waals surface area contributed by atoms with Gasteiger partial charge in [-0.3, -0.25) is 9.69 Å². The minimum absolute atomic E-state index is 0.368. The Hall–Kier alpha value is -0.410. The monoisotopic (exact) mass is 197 g/mol. The van der Waals surface area contributed by atoms with Crippen LogP contribution in [-0.2, 0) is 9.53 Å². The third-order valence-electron chi connectivity index (χ3n) is 3.00. The number of ketones is 1. The predicted molar refractivity (Wildman–Crippen MR) is 54.2 cm³/mol. The van der Waals surface area contributed by atoms with Gasteiger partial charge in [0, 0.05) is 19.1 Å². The van der Waals surface area contributed by atoms with Gasteiger partial charge in [0.2, 0.25) is 0 Å². The van der Waals surface area contributed by atoms with E-state index >= 15 is 0 Å². The lowest BCUT2D eigenvalue weighted by atomic mass is 10.2. The van der Waals surface area contributed by atoms with E-state index in [0.29, 0.717) is 24.3 Å². The highest BCUT2D eigenvalue weighted by atomic mass is 16.5. The molecule has 0 aromatic rings. The van der Waals surface area contributed by atoms with E-state index in [2.05, 4.69) is 4.90 Å². The van der Waals surface area contributed by atoms with Crippen LogP contribution in [0, 0.1) is 5.92 Å². The second-order valence-corrected chi connectivity index (χ2v) is 4.57. The maximum atomic E-state index is 11.5. The fourth-order valence-electron chi connectivity index (χ4n) is 2.00. The highest BCUT2D eigenvalue weighted by Gasteiger charge is 2.30. The van der Waals surface area contributed by atoms with E-state index in [1.807, 2.05) is 7.05 Å². The molecule has 0 spiro atoms. The lowest BCUT2D eigenvalue weighted by Crippen LogP contribution is -2.33. The lowest BCUT2D eigenvalue weighted by molar-refractivity contribution is -0.121. The zero-order valence-electron chi connectivity index (χ0n) is 8.87. The average molecular weight is 197 g/mol. The second kappa shape index (κ2) is 4.41. The summed E-state index contributed by atoms with van der Waals surface area (Å²) in [5, 5.41) is 0. The Labute approximate surface area is 85.4 Å². The van der Waals surface area contributed by atoms with Crippen LogP contribution >= 0.6 is 0 Å². The normalized spacial score (nSPS) is 27.1. The third kappa shape index (κ3) is 2.79. The van der Waals surface area contributed by atoms with Crippen molar-refractivity contribution in [2.45, 2.75) is 31.8 Å². The van der Waals surface area contributed by atoms with Gasteiger partial charge in [-0.2, -0.15) is 0 Å². The Morgan fingerprint density at radius 2 is 2.21 bits per heavy atom. The smallest absolute Gasteiger partial charge is 0.149 e. The van der Waals surface area contributed by atoms with Gasteiger partial charge in [0.15, 0.2) is 0 Å². The molecular weight excluding hydrogens is 178 g/mol. The molecule has 0 radical (unpaired) electrons. The van der Waals surface area contributed by atoms with Gasteiger partial charge in [-0.15, -0.1) is 0 Å². The van der Waals surface area contributed by atoms with Crippen LogP contribution in [0.5, 0.6) is 0 Å². The van der Waals surface area contributed by atoms with E-state index in [4.69, 9.17) is 4.74 Å². The molecule has 1 heterocycles. The van der Waals surface area contributed by atoms with Crippen molar-refractivity contribution in [2.75, 3.05) is 26.7 Å². The average Bonchev–Trinajstić information content (AvgIpc) is 2.87. The Kier molecular flexibility index (Phi) is 3.19. The van der Waals surface area contributed by atoms with E-state index in [9.17, 15) is 4.79 Å². The summed E-state index contributed by atoms with van der Waals surface area (Å²) in [7, 11) is 2.02. The maximum absolute atomic E-state index is 11.5. The molecule has 14 heavy (non-hydrogen) atoms. The van der Waals surface area contributed by atoms with Gasteiger partial charge in [0.05, 0.1) is 12.6 Å². The molecule has 1 atom stereocenters. The van der Waals surface area contributed by atoms with E-state index in [1.54, 1.807) is 0 Å². The summed E-state index contributed by atoms with van der Waals surface area (Å²) in [6, 6.07) is 0. The van der Waals surface area contributed by atoms with E-state index in [0.717, 1.165) is 32.4 Å². The molecule has 0 amide bonds. The second-order valence-electron chi connectivity index (χ2n) is 4.57. The number of carbonyl (C=O) groups is 1. The molecule has 2 fully saturated rings. The first kappa shape index (κ1) is 10.1. The quantitative estimate of drug-likeness (QED) is 0.660. The van der Waals surface area contributed by atoms with E-state index in [-0.39, 0.29) is 0 Å². The molecule has 2 aliphatic rings. The Morgan fingerprint density at radius 1 is 1.43 bits per heavy atom. The molecule has 0 bridgehead atoms. The van der Waals surface area contributed by atoms with Gasteiger partial charge in [0.25, 0.3) is 0 Å². The molecule has 1 aliphatic heterocycles. The van der Waals surface area contributed by atoms with Crippen LogP contribution in [-0.4, -0.2) is 43.5 Å². The fourth-order valence-corrected chi connectivity index (χ4v) is 2.00. The van der Waals surface area contributed by atoms with Crippen LogP contribution in [0.1, 0.15) is 25.7 Å². The van der Waals surface area contributed by atoms with Gasteiger partial charge >= 0.3 is 0 Å². The molecule has 0 aromatic heterocycles. The zero-order chi connectivity index (χ0) is 9.97. The predicted octanol–water partition coefficient (Wildman–Crippen LogP) is 1.08. The van der Waals surface area contributed by atoms with Crippen molar-refractivity contribution in [2.24, 2.45) is 5.92 Å². The van der Waals surface area contributed by atoms with Crippen molar-refractivity contribution in [3.63, 3.8) is 0 Å². The molecule has 3 nitrogen and oxygen atoms in total. The first-order chi connectivity index (χ1) is 6.75. The van der Waals surface area contributed by atoms with E-state index < -0.39 is 0 Å². The van der Waals surface area contributed by atoms with Crippen molar-refractivity contribution in [3.05, 3.63) is 0 Å². The SMILES string of the molecule is CN(CC(=O)C1CC1)CC1CCCO1. The Balaban J connectivity index is 1.66. The van der Waals surface area contributed by atoms with Crippen LogP contribution in [0.15, 0.2) is 0 Å². The van der Waals surface area contributed by atoms with Gasteiger partial charge in [-0.1, -0.05) is 0 Å². The Morgan fingerprint density at radius 3 is 2.79 bits per heavy atom. The van der Waals surface area contributed by atoms with Crippen molar-refractivity contribution < 1.29 is 9.53 Å².